The van der Waals surface area contributed by atoms with Crippen LogP contribution in [0.2, 0.25) is 0 Å². The van der Waals surface area contributed by atoms with Gasteiger partial charge in [0.1, 0.15) is 22.9 Å². The Morgan fingerprint density at radius 2 is 2.21 bits per heavy atom. The van der Waals surface area contributed by atoms with Crippen LogP contribution < -0.4 is 11.3 Å². The second-order valence-electron chi connectivity index (χ2n) is 3.72. The van der Waals surface area contributed by atoms with Crippen molar-refractivity contribution in [2.75, 3.05) is 12.5 Å². The molecule has 0 aliphatic rings. The minimum atomic E-state index is -3.63. The standard InChI is InChI=1S/C9H13N7O2S/c1-16(5-9-12-6-13-15-9)19(17,18)7-2-3-8(14-10)11-4-7/h2-4,6H,5,10H2,1H3,(H,11,14)(H,12,13,15). The molecule has 19 heavy (non-hydrogen) atoms. The van der Waals surface area contributed by atoms with Gasteiger partial charge in [0, 0.05) is 13.2 Å². The Morgan fingerprint density at radius 1 is 1.42 bits per heavy atom. The number of sulfonamides is 1. The first kappa shape index (κ1) is 13.4. The SMILES string of the molecule is CN(Cc1ncn[nH]1)S(=O)(=O)c1ccc(NN)nc1. The third-order valence-corrected chi connectivity index (χ3v) is 4.22. The molecule has 0 aliphatic carbocycles. The van der Waals surface area contributed by atoms with Crippen LogP contribution in [0.3, 0.4) is 0 Å². The lowest BCUT2D eigenvalue weighted by Gasteiger charge is -2.15. The highest BCUT2D eigenvalue weighted by Crippen LogP contribution is 2.15. The monoisotopic (exact) mass is 283 g/mol. The van der Waals surface area contributed by atoms with E-state index in [9.17, 15) is 8.42 Å². The number of pyridine rings is 1. The molecular weight excluding hydrogens is 270 g/mol. The third kappa shape index (κ3) is 2.86. The van der Waals surface area contributed by atoms with Crippen LogP contribution in [-0.4, -0.2) is 39.9 Å². The molecule has 0 amide bonds. The molecule has 0 atom stereocenters. The number of nitrogens with zero attached hydrogens (tertiary/aromatic N) is 4. The summed E-state index contributed by atoms with van der Waals surface area (Å²) in [4.78, 5) is 7.82. The predicted octanol–water partition coefficient (Wildman–Crippen LogP) is -0.694. The minimum Gasteiger partial charge on any atom is -0.308 e. The lowest BCUT2D eigenvalue weighted by molar-refractivity contribution is 0.457. The van der Waals surface area contributed by atoms with Crippen LogP contribution in [0.15, 0.2) is 29.6 Å². The van der Waals surface area contributed by atoms with Crippen molar-refractivity contribution in [2.24, 2.45) is 5.84 Å². The quantitative estimate of drug-likeness (QED) is 0.489. The molecule has 102 valence electrons. The first-order valence-corrected chi connectivity index (χ1v) is 6.71. The maximum Gasteiger partial charge on any atom is 0.244 e. The van der Waals surface area contributed by atoms with E-state index in [-0.39, 0.29) is 11.4 Å². The first-order valence-electron chi connectivity index (χ1n) is 5.27. The molecule has 0 aromatic carbocycles. The van der Waals surface area contributed by atoms with E-state index in [0.717, 1.165) is 4.31 Å². The zero-order valence-corrected chi connectivity index (χ0v) is 10.9. The highest BCUT2D eigenvalue weighted by molar-refractivity contribution is 7.89. The van der Waals surface area contributed by atoms with E-state index in [2.05, 4.69) is 25.6 Å². The van der Waals surface area contributed by atoms with E-state index in [1.807, 2.05) is 0 Å². The fraction of sp³-hybridized carbons (Fsp3) is 0.222. The summed E-state index contributed by atoms with van der Waals surface area (Å²) in [6, 6.07) is 2.91. The van der Waals surface area contributed by atoms with Gasteiger partial charge in [-0.25, -0.2) is 24.2 Å². The second kappa shape index (κ2) is 5.30. The number of nitrogens with two attached hydrogens (primary N) is 1. The van der Waals surface area contributed by atoms with Crippen LogP contribution in [-0.2, 0) is 16.6 Å². The average Bonchev–Trinajstić information content (AvgIpc) is 2.91. The summed E-state index contributed by atoms with van der Waals surface area (Å²) in [7, 11) is -2.17. The molecule has 4 N–H and O–H groups in total. The number of anilines is 1. The zero-order chi connectivity index (χ0) is 13.9. The number of hydrogen-bond donors (Lipinski definition) is 3. The van der Waals surface area contributed by atoms with Gasteiger partial charge >= 0.3 is 0 Å². The summed E-state index contributed by atoms with van der Waals surface area (Å²) in [6.45, 7) is 0.0965. The number of aromatic amines is 1. The summed E-state index contributed by atoms with van der Waals surface area (Å²) >= 11 is 0. The minimum absolute atomic E-state index is 0.0773. The third-order valence-electron chi connectivity index (χ3n) is 2.43. The number of rotatable bonds is 5. The molecule has 2 heterocycles. The van der Waals surface area contributed by atoms with Gasteiger partial charge in [-0.15, -0.1) is 0 Å². The van der Waals surface area contributed by atoms with E-state index in [4.69, 9.17) is 5.84 Å². The van der Waals surface area contributed by atoms with Gasteiger partial charge in [0.25, 0.3) is 0 Å². The lowest BCUT2D eigenvalue weighted by atomic mass is 10.5. The van der Waals surface area contributed by atoms with Crippen molar-refractivity contribution in [2.45, 2.75) is 11.4 Å². The second-order valence-corrected chi connectivity index (χ2v) is 5.76. The van der Waals surface area contributed by atoms with Crippen LogP contribution >= 0.6 is 0 Å². The summed E-state index contributed by atoms with van der Waals surface area (Å²) in [5.41, 5.74) is 2.33. The van der Waals surface area contributed by atoms with E-state index < -0.39 is 10.0 Å². The van der Waals surface area contributed by atoms with Gasteiger partial charge in [-0.2, -0.15) is 9.40 Å². The molecular formula is C9H13N7O2S. The van der Waals surface area contributed by atoms with Crippen molar-refractivity contribution in [3.63, 3.8) is 0 Å². The summed E-state index contributed by atoms with van der Waals surface area (Å²) < 4.78 is 25.6. The molecule has 2 aromatic rings. The van der Waals surface area contributed by atoms with Crippen LogP contribution in [0.1, 0.15) is 5.82 Å². The maximum atomic E-state index is 12.2. The molecule has 2 rings (SSSR count). The Labute approximate surface area is 109 Å². The van der Waals surface area contributed by atoms with Crippen molar-refractivity contribution < 1.29 is 8.42 Å². The van der Waals surface area contributed by atoms with Crippen molar-refractivity contribution in [1.29, 1.82) is 0 Å². The highest BCUT2D eigenvalue weighted by Gasteiger charge is 2.22. The smallest absolute Gasteiger partial charge is 0.244 e. The van der Waals surface area contributed by atoms with Crippen molar-refractivity contribution in [1.82, 2.24) is 24.5 Å². The van der Waals surface area contributed by atoms with E-state index in [0.29, 0.717) is 11.6 Å². The highest BCUT2D eigenvalue weighted by atomic mass is 32.2. The summed E-state index contributed by atoms with van der Waals surface area (Å²) in [6.07, 6.45) is 2.56. The molecule has 0 unspecified atom stereocenters. The molecule has 0 spiro atoms. The first-order chi connectivity index (χ1) is 9.04. The fourth-order valence-corrected chi connectivity index (χ4v) is 2.48. The normalized spacial score (nSPS) is 11.7. The summed E-state index contributed by atoms with van der Waals surface area (Å²) in [5.74, 6) is 6.01. The Hall–Kier alpha value is -2.04. The Balaban J connectivity index is 2.20. The van der Waals surface area contributed by atoms with Crippen LogP contribution in [0.5, 0.6) is 0 Å². The molecule has 0 aliphatic heterocycles. The topological polar surface area (TPSA) is 130 Å². The van der Waals surface area contributed by atoms with Crippen molar-refractivity contribution in [3.05, 3.63) is 30.5 Å². The van der Waals surface area contributed by atoms with Gasteiger partial charge in [0.15, 0.2) is 0 Å². The van der Waals surface area contributed by atoms with E-state index in [1.54, 1.807) is 0 Å². The van der Waals surface area contributed by atoms with Crippen molar-refractivity contribution in [3.8, 4) is 0 Å². The van der Waals surface area contributed by atoms with Gasteiger partial charge in [0.05, 0.1) is 6.54 Å². The molecule has 10 heteroatoms. The largest absolute Gasteiger partial charge is 0.308 e. The molecule has 0 bridgehead atoms. The van der Waals surface area contributed by atoms with Gasteiger partial charge in [-0.05, 0) is 12.1 Å². The predicted molar refractivity (Wildman–Crippen MR) is 67.1 cm³/mol. The molecule has 9 nitrogen and oxygen atoms in total. The average molecular weight is 283 g/mol. The summed E-state index contributed by atoms with van der Waals surface area (Å²) in [5, 5.41) is 6.26. The van der Waals surface area contributed by atoms with Crippen LogP contribution in [0.4, 0.5) is 5.82 Å². The zero-order valence-electron chi connectivity index (χ0n) is 10.1. The molecule has 2 aromatic heterocycles. The van der Waals surface area contributed by atoms with Crippen LogP contribution in [0, 0.1) is 0 Å². The Morgan fingerprint density at radius 3 is 2.74 bits per heavy atom. The molecule has 0 fully saturated rings. The van der Waals surface area contributed by atoms with Gasteiger partial charge in [0.2, 0.25) is 10.0 Å². The number of H-pyrrole nitrogens is 1. The lowest BCUT2D eigenvalue weighted by Crippen LogP contribution is -2.27. The van der Waals surface area contributed by atoms with Crippen molar-refractivity contribution >= 4 is 15.8 Å². The molecule has 0 saturated carbocycles. The van der Waals surface area contributed by atoms with Crippen LogP contribution in [0.25, 0.3) is 0 Å². The number of hydrogen-bond acceptors (Lipinski definition) is 7. The van der Waals surface area contributed by atoms with Gasteiger partial charge in [-0.1, -0.05) is 0 Å². The van der Waals surface area contributed by atoms with E-state index >= 15 is 0 Å². The Kier molecular flexibility index (Phi) is 3.74. The maximum absolute atomic E-state index is 12.2. The Bertz CT molecular complexity index is 623. The van der Waals surface area contributed by atoms with Gasteiger partial charge in [-0.3, -0.25) is 5.10 Å². The molecule has 0 radical (unpaired) electrons. The number of nitrogen functional groups attached to an aromatic ring is 1. The number of hydrazine groups is 1. The molecule has 0 saturated heterocycles. The van der Waals surface area contributed by atoms with Gasteiger partial charge < -0.3 is 5.43 Å². The fourth-order valence-electron chi connectivity index (χ4n) is 1.40. The number of aromatic nitrogens is 4. The number of nitrogens with one attached hydrogen (secondary N) is 2. The van der Waals surface area contributed by atoms with E-state index in [1.165, 1.54) is 31.7 Å².